The van der Waals surface area contributed by atoms with E-state index in [-0.39, 0.29) is 0 Å². The van der Waals surface area contributed by atoms with Gasteiger partial charge in [0.1, 0.15) is 5.82 Å². The van der Waals surface area contributed by atoms with Crippen molar-refractivity contribution in [3.05, 3.63) is 35.7 Å². The van der Waals surface area contributed by atoms with Gasteiger partial charge in [-0.15, -0.1) is 0 Å². The number of unbranched alkanes of at least 4 members (excludes halogenated alkanes) is 1. The molecule has 80 valence electrons. The average Bonchev–Trinajstić information content (AvgIpc) is 2.53. The van der Waals surface area contributed by atoms with Gasteiger partial charge in [0.2, 0.25) is 0 Å². The molecule has 0 aromatic heterocycles. The lowest BCUT2D eigenvalue weighted by atomic mass is 10.2. The number of hydrogen-bond donors (Lipinski definition) is 1. The van der Waals surface area contributed by atoms with Gasteiger partial charge in [-0.05, 0) is 37.1 Å². The normalized spacial score (nSPS) is 16.7. The largest absolute Gasteiger partial charge is 0.340 e. The Labute approximate surface area is 91.6 Å². The molecular formula is C13H18N2. The highest BCUT2D eigenvalue weighted by molar-refractivity contribution is 5.80. The molecule has 0 amide bonds. The lowest BCUT2D eigenvalue weighted by molar-refractivity contribution is 0.941. The molecule has 0 radical (unpaired) electrons. The molecule has 1 N–H and O–H groups in total. The van der Waals surface area contributed by atoms with Gasteiger partial charge in [-0.1, -0.05) is 19.4 Å². The minimum atomic E-state index is 1.12. The van der Waals surface area contributed by atoms with Crippen molar-refractivity contribution in [1.82, 2.24) is 0 Å². The number of allylic oxidation sites excluding steroid dienone is 1. The first-order valence-electron chi connectivity index (χ1n) is 5.54. The van der Waals surface area contributed by atoms with Crippen molar-refractivity contribution in [2.45, 2.75) is 26.7 Å². The third-order valence-electron chi connectivity index (χ3n) is 2.77. The fourth-order valence-electron chi connectivity index (χ4n) is 1.85. The highest BCUT2D eigenvalue weighted by Crippen LogP contribution is 2.35. The van der Waals surface area contributed by atoms with Crippen LogP contribution in [0.2, 0.25) is 0 Å². The van der Waals surface area contributed by atoms with Crippen molar-refractivity contribution in [2.24, 2.45) is 0 Å². The SMILES string of the molecule is CCC/C=C1/Nc2ccc(C)cc2N1C. The summed E-state index contributed by atoms with van der Waals surface area (Å²) < 4.78 is 0. The summed E-state index contributed by atoms with van der Waals surface area (Å²) in [5, 5.41) is 3.43. The number of aryl methyl sites for hydroxylation is 1. The summed E-state index contributed by atoms with van der Waals surface area (Å²) in [6.45, 7) is 4.32. The predicted octanol–water partition coefficient (Wildman–Crippen LogP) is 3.50. The molecule has 1 aliphatic heterocycles. The maximum atomic E-state index is 3.43. The van der Waals surface area contributed by atoms with Crippen LogP contribution in [0.4, 0.5) is 11.4 Å². The first-order chi connectivity index (χ1) is 7.22. The number of nitrogens with zero attached hydrogens (tertiary/aromatic N) is 1. The zero-order valence-corrected chi connectivity index (χ0v) is 9.67. The van der Waals surface area contributed by atoms with Gasteiger partial charge in [-0.2, -0.15) is 0 Å². The van der Waals surface area contributed by atoms with E-state index in [2.05, 4.69) is 55.4 Å². The number of hydrogen-bond acceptors (Lipinski definition) is 2. The Kier molecular flexibility index (Phi) is 2.67. The average molecular weight is 202 g/mol. The molecule has 0 saturated carbocycles. The Morgan fingerprint density at radius 1 is 1.40 bits per heavy atom. The van der Waals surface area contributed by atoms with E-state index < -0.39 is 0 Å². The van der Waals surface area contributed by atoms with E-state index in [1.165, 1.54) is 29.2 Å². The lowest BCUT2D eigenvalue weighted by Crippen LogP contribution is -2.14. The number of anilines is 2. The molecule has 0 spiro atoms. The van der Waals surface area contributed by atoms with Crippen molar-refractivity contribution >= 4 is 11.4 Å². The van der Waals surface area contributed by atoms with Crippen LogP contribution in [-0.2, 0) is 0 Å². The Morgan fingerprint density at radius 3 is 2.93 bits per heavy atom. The third-order valence-corrected chi connectivity index (χ3v) is 2.77. The van der Waals surface area contributed by atoms with Crippen LogP contribution in [0.15, 0.2) is 30.1 Å². The lowest BCUT2D eigenvalue weighted by Gasteiger charge is -2.13. The summed E-state index contributed by atoms with van der Waals surface area (Å²) in [4.78, 5) is 2.22. The summed E-state index contributed by atoms with van der Waals surface area (Å²) >= 11 is 0. The second-order valence-corrected chi connectivity index (χ2v) is 4.08. The molecule has 0 aliphatic carbocycles. The smallest absolute Gasteiger partial charge is 0.106 e. The number of rotatable bonds is 2. The first kappa shape index (κ1) is 10.1. The molecule has 1 aromatic rings. The third kappa shape index (κ3) is 1.84. The molecular weight excluding hydrogens is 184 g/mol. The highest BCUT2D eigenvalue weighted by atomic mass is 15.3. The summed E-state index contributed by atoms with van der Waals surface area (Å²) in [7, 11) is 2.11. The van der Waals surface area contributed by atoms with E-state index >= 15 is 0 Å². The van der Waals surface area contributed by atoms with Crippen LogP contribution in [-0.4, -0.2) is 7.05 Å². The minimum absolute atomic E-state index is 1.12. The van der Waals surface area contributed by atoms with Crippen LogP contribution in [0.5, 0.6) is 0 Å². The van der Waals surface area contributed by atoms with Crippen LogP contribution in [0.25, 0.3) is 0 Å². The molecule has 1 heterocycles. The monoisotopic (exact) mass is 202 g/mol. The zero-order chi connectivity index (χ0) is 10.8. The summed E-state index contributed by atoms with van der Waals surface area (Å²) in [5.74, 6) is 1.21. The van der Waals surface area contributed by atoms with Crippen LogP contribution in [0.1, 0.15) is 25.3 Å². The maximum Gasteiger partial charge on any atom is 0.106 e. The molecule has 2 rings (SSSR count). The standard InChI is InChI=1S/C13H18N2/c1-4-5-6-13-14-11-8-7-10(2)9-12(11)15(13)3/h6-9,14H,4-5H2,1-3H3/b13-6-. The van der Waals surface area contributed by atoms with Gasteiger partial charge in [-0.25, -0.2) is 0 Å². The van der Waals surface area contributed by atoms with E-state index in [9.17, 15) is 0 Å². The molecule has 0 bridgehead atoms. The van der Waals surface area contributed by atoms with Gasteiger partial charge >= 0.3 is 0 Å². The van der Waals surface area contributed by atoms with Gasteiger partial charge in [-0.3, -0.25) is 0 Å². The van der Waals surface area contributed by atoms with Gasteiger partial charge in [0.15, 0.2) is 0 Å². The molecule has 15 heavy (non-hydrogen) atoms. The molecule has 0 fully saturated rings. The predicted molar refractivity (Wildman–Crippen MR) is 66.2 cm³/mol. The minimum Gasteiger partial charge on any atom is -0.340 e. The van der Waals surface area contributed by atoms with Crippen LogP contribution < -0.4 is 10.2 Å². The van der Waals surface area contributed by atoms with Gasteiger partial charge in [0.25, 0.3) is 0 Å². The van der Waals surface area contributed by atoms with Crippen LogP contribution in [0, 0.1) is 6.92 Å². The maximum absolute atomic E-state index is 3.43. The Morgan fingerprint density at radius 2 is 2.20 bits per heavy atom. The highest BCUT2D eigenvalue weighted by Gasteiger charge is 2.19. The van der Waals surface area contributed by atoms with Crippen molar-refractivity contribution in [1.29, 1.82) is 0 Å². The first-order valence-corrected chi connectivity index (χ1v) is 5.54. The fourth-order valence-corrected chi connectivity index (χ4v) is 1.85. The van der Waals surface area contributed by atoms with Crippen molar-refractivity contribution in [2.75, 3.05) is 17.3 Å². The summed E-state index contributed by atoms with van der Waals surface area (Å²) in [6.07, 6.45) is 4.57. The van der Waals surface area contributed by atoms with Crippen LogP contribution >= 0.6 is 0 Å². The van der Waals surface area contributed by atoms with Crippen LogP contribution in [0.3, 0.4) is 0 Å². The molecule has 0 unspecified atom stereocenters. The van der Waals surface area contributed by atoms with E-state index in [0.29, 0.717) is 0 Å². The Balaban J connectivity index is 2.29. The van der Waals surface area contributed by atoms with Crippen molar-refractivity contribution in [3.63, 3.8) is 0 Å². The number of fused-ring (bicyclic) bond motifs is 1. The van der Waals surface area contributed by atoms with E-state index in [4.69, 9.17) is 0 Å². The van der Waals surface area contributed by atoms with Gasteiger partial charge < -0.3 is 10.2 Å². The Bertz CT molecular complexity index is 394. The van der Waals surface area contributed by atoms with Gasteiger partial charge in [0.05, 0.1) is 11.4 Å². The second kappa shape index (κ2) is 3.97. The molecule has 1 aromatic carbocycles. The van der Waals surface area contributed by atoms with Crippen molar-refractivity contribution < 1.29 is 0 Å². The van der Waals surface area contributed by atoms with Crippen molar-refractivity contribution in [3.8, 4) is 0 Å². The topological polar surface area (TPSA) is 15.3 Å². The fraction of sp³-hybridized carbons (Fsp3) is 0.385. The van der Waals surface area contributed by atoms with E-state index in [0.717, 1.165) is 6.42 Å². The summed E-state index contributed by atoms with van der Waals surface area (Å²) in [5.41, 5.74) is 3.79. The molecule has 2 nitrogen and oxygen atoms in total. The quantitative estimate of drug-likeness (QED) is 0.789. The van der Waals surface area contributed by atoms with E-state index in [1.54, 1.807) is 0 Å². The van der Waals surface area contributed by atoms with Gasteiger partial charge in [0, 0.05) is 7.05 Å². The number of nitrogens with one attached hydrogen (secondary N) is 1. The molecule has 1 aliphatic rings. The molecule has 0 atom stereocenters. The van der Waals surface area contributed by atoms with E-state index in [1.807, 2.05) is 0 Å². The second-order valence-electron chi connectivity index (χ2n) is 4.08. The number of benzene rings is 1. The zero-order valence-electron chi connectivity index (χ0n) is 9.67. The summed E-state index contributed by atoms with van der Waals surface area (Å²) in [6, 6.07) is 6.51. The Hall–Kier alpha value is -1.44. The molecule has 0 saturated heterocycles. The molecule has 2 heteroatoms.